The third kappa shape index (κ3) is 2.98. The molecule has 4 rings (SSSR count). The van der Waals surface area contributed by atoms with Crippen LogP contribution in [0.3, 0.4) is 0 Å². The summed E-state index contributed by atoms with van der Waals surface area (Å²) in [5.41, 5.74) is 0.905. The van der Waals surface area contributed by atoms with Crippen molar-refractivity contribution in [3.8, 4) is 0 Å². The number of anilines is 1. The van der Waals surface area contributed by atoms with E-state index in [0.717, 1.165) is 12.8 Å². The van der Waals surface area contributed by atoms with Crippen molar-refractivity contribution in [1.29, 1.82) is 0 Å². The van der Waals surface area contributed by atoms with Crippen molar-refractivity contribution in [3.05, 3.63) is 47.6 Å². The van der Waals surface area contributed by atoms with Crippen LogP contribution in [0.5, 0.6) is 0 Å². The van der Waals surface area contributed by atoms with Gasteiger partial charge in [-0.25, -0.2) is 9.37 Å². The number of hydrogen-bond acceptors (Lipinski definition) is 3. The minimum Gasteiger partial charge on any atom is -0.359 e. The van der Waals surface area contributed by atoms with E-state index in [-0.39, 0.29) is 17.4 Å². The first-order chi connectivity index (χ1) is 12.0. The van der Waals surface area contributed by atoms with Crippen molar-refractivity contribution in [2.24, 2.45) is 5.92 Å². The van der Waals surface area contributed by atoms with Gasteiger partial charge in [0.05, 0.1) is 22.7 Å². The van der Waals surface area contributed by atoms with Gasteiger partial charge in [-0.05, 0) is 31.4 Å². The number of allylic oxidation sites excluding steroid dienone is 4. The summed E-state index contributed by atoms with van der Waals surface area (Å²) in [7, 11) is 0. The number of Topliss-reactive ketones (excluding diaryl/α,β-unsaturated/α-hetero) is 1. The summed E-state index contributed by atoms with van der Waals surface area (Å²) in [5.74, 6) is -0.712. The van der Waals surface area contributed by atoms with Crippen LogP contribution in [0, 0.1) is 5.92 Å². The Morgan fingerprint density at radius 2 is 2.16 bits per heavy atom. The summed E-state index contributed by atoms with van der Waals surface area (Å²) < 4.78 is 14.1. The lowest BCUT2D eigenvalue weighted by Crippen LogP contribution is -2.17. The molecule has 0 aliphatic heterocycles. The molecule has 0 aromatic carbocycles. The van der Waals surface area contributed by atoms with E-state index >= 15 is 0 Å². The van der Waals surface area contributed by atoms with E-state index < -0.39 is 17.0 Å². The fourth-order valence-electron chi connectivity index (χ4n) is 2.89. The largest absolute Gasteiger partial charge is 0.359 e. The number of pyridine rings is 1. The molecule has 0 saturated heterocycles. The average molecular weight is 360 g/mol. The highest BCUT2D eigenvalue weighted by atomic mass is 35.5. The number of hydrogen-bond donors (Lipinski definition) is 2. The fourth-order valence-corrected chi connectivity index (χ4v) is 3.20. The lowest BCUT2D eigenvalue weighted by molar-refractivity contribution is -0.117. The molecule has 0 bridgehead atoms. The molecular formula is C18H15ClFN3O2. The van der Waals surface area contributed by atoms with Crippen LogP contribution < -0.4 is 5.32 Å². The van der Waals surface area contributed by atoms with E-state index in [0.29, 0.717) is 28.7 Å². The Balaban J connectivity index is 1.70. The van der Waals surface area contributed by atoms with Crippen LogP contribution in [-0.4, -0.2) is 27.0 Å². The number of rotatable bonds is 4. The summed E-state index contributed by atoms with van der Waals surface area (Å²) in [4.78, 5) is 31.8. The van der Waals surface area contributed by atoms with Crippen molar-refractivity contribution >= 4 is 40.0 Å². The number of carbonyl (C=O) groups excluding carboxylic acids is 2. The molecule has 7 heteroatoms. The summed E-state index contributed by atoms with van der Waals surface area (Å²) in [6.07, 6.45) is 8.11. The Bertz CT molecular complexity index is 943. The molecule has 1 atom stereocenters. The third-order valence-corrected chi connectivity index (χ3v) is 4.83. The maximum atomic E-state index is 14.1. The predicted molar refractivity (Wildman–Crippen MR) is 93.3 cm³/mol. The molecular weight excluding hydrogens is 345 g/mol. The van der Waals surface area contributed by atoms with Crippen LogP contribution in [0.1, 0.15) is 29.6 Å². The SMILES string of the molecule is O=C(C1=C(F)C=CCC1Cl)c1c[nH]c2cnc(NC(=O)C3CC3)cc12. The molecule has 128 valence electrons. The van der Waals surface area contributed by atoms with Gasteiger partial charge >= 0.3 is 0 Å². The molecule has 1 amide bonds. The number of amides is 1. The smallest absolute Gasteiger partial charge is 0.228 e. The van der Waals surface area contributed by atoms with Crippen LogP contribution in [0.2, 0.25) is 0 Å². The minimum atomic E-state index is -0.696. The van der Waals surface area contributed by atoms with E-state index in [1.807, 2.05) is 0 Å². The lowest BCUT2D eigenvalue weighted by atomic mass is 9.95. The number of aromatic amines is 1. The van der Waals surface area contributed by atoms with E-state index in [4.69, 9.17) is 11.6 Å². The van der Waals surface area contributed by atoms with E-state index in [2.05, 4.69) is 15.3 Å². The van der Waals surface area contributed by atoms with Gasteiger partial charge in [0.1, 0.15) is 11.6 Å². The van der Waals surface area contributed by atoms with Crippen molar-refractivity contribution in [2.45, 2.75) is 24.6 Å². The van der Waals surface area contributed by atoms with Gasteiger partial charge in [0, 0.05) is 23.1 Å². The number of halogens is 2. The predicted octanol–water partition coefficient (Wildman–Crippen LogP) is 3.89. The Kier molecular flexibility index (Phi) is 3.92. The number of carbonyl (C=O) groups is 2. The fraction of sp³-hybridized carbons (Fsp3) is 0.278. The Morgan fingerprint density at radius 1 is 1.36 bits per heavy atom. The number of aromatic nitrogens is 2. The molecule has 2 aliphatic carbocycles. The zero-order valence-corrected chi connectivity index (χ0v) is 13.9. The van der Waals surface area contributed by atoms with Gasteiger partial charge in [0.15, 0.2) is 5.78 Å². The number of fused-ring (bicyclic) bond motifs is 1. The minimum absolute atomic E-state index is 0.0366. The molecule has 25 heavy (non-hydrogen) atoms. The van der Waals surface area contributed by atoms with Crippen LogP contribution in [0.15, 0.2) is 42.0 Å². The van der Waals surface area contributed by atoms with Gasteiger partial charge in [0.25, 0.3) is 0 Å². The molecule has 1 unspecified atom stereocenters. The van der Waals surface area contributed by atoms with E-state index in [1.54, 1.807) is 12.1 Å². The summed E-state index contributed by atoms with van der Waals surface area (Å²) in [5, 5.41) is 2.63. The number of ketones is 1. The second-order valence-electron chi connectivity index (χ2n) is 6.28. The molecule has 1 saturated carbocycles. The Labute approximate surface area is 148 Å². The maximum Gasteiger partial charge on any atom is 0.228 e. The molecule has 2 heterocycles. The monoisotopic (exact) mass is 359 g/mol. The molecule has 2 aromatic heterocycles. The van der Waals surface area contributed by atoms with E-state index in [9.17, 15) is 14.0 Å². The zero-order valence-electron chi connectivity index (χ0n) is 13.2. The van der Waals surface area contributed by atoms with Crippen LogP contribution >= 0.6 is 11.6 Å². The van der Waals surface area contributed by atoms with Crippen LogP contribution in [0.25, 0.3) is 10.9 Å². The van der Waals surface area contributed by atoms with Gasteiger partial charge in [-0.3, -0.25) is 9.59 Å². The first-order valence-corrected chi connectivity index (χ1v) is 8.51. The molecule has 1 fully saturated rings. The Hall–Kier alpha value is -2.47. The summed E-state index contributed by atoms with van der Waals surface area (Å²) in [6.45, 7) is 0. The normalized spacial score (nSPS) is 20.2. The highest BCUT2D eigenvalue weighted by molar-refractivity contribution is 6.29. The standard InChI is InChI=1S/C18H15ClFN3O2/c19-12-2-1-3-13(20)16(12)17(24)11-7-21-14-8-22-15(6-10(11)14)23-18(25)9-4-5-9/h1,3,6-9,12,21H,2,4-5H2,(H,22,23,25). The van der Waals surface area contributed by atoms with Crippen molar-refractivity contribution in [1.82, 2.24) is 9.97 Å². The number of nitrogens with zero attached hydrogens (tertiary/aromatic N) is 1. The topological polar surface area (TPSA) is 74.8 Å². The molecule has 0 radical (unpaired) electrons. The van der Waals surface area contributed by atoms with Crippen molar-refractivity contribution < 1.29 is 14.0 Å². The van der Waals surface area contributed by atoms with Gasteiger partial charge in [0.2, 0.25) is 5.91 Å². The van der Waals surface area contributed by atoms with Gasteiger partial charge in [-0.1, -0.05) is 6.08 Å². The van der Waals surface area contributed by atoms with Gasteiger partial charge in [-0.2, -0.15) is 0 Å². The lowest BCUT2D eigenvalue weighted by Gasteiger charge is -2.15. The van der Waals surface area contributed by atoms with E-state index in [1.165, 1.54) is 18.5 Å². The molecule has 2 N–H and O–H groups in total. The molecule has 2 aromatic rings. The van der Waals surface area contributed by atoms with Crippen LogP contribution in [0.4, 0.5) is 10.2 Å². The molecule has 5 nitrogen and oxygen atoms in total. The second-order valence-corrected chi connectivity index (χ2v) is 6.80. The number of nitrogens with one attached hydrogen (secondary N) is 2. The van der Waals surface area contributed by atoms with Gasteiger partial charge < -0.3 is 10.3 Å². The average Bonchev–Trinajstić information content (AvgIpc) is 3.35. The first-order valence-electron chi connectivity index (χ1n) is 8.07. The maximum absolute atomic E-state index is 14.1. The summed E-state index contributed by atoms with van der Waals surface area (Å²) >= 11 is 6.13. The molecule has 0 spiro atoms. The van der Waals surface area contributed by atoms with Gasteiger partial charge in [-0.15, -0.1) is 11.6 Å². The highest BCUT2D eigenvalue weighted by Crippen LogP contribution is 2.32. The number of H-pyrrole nitrogens is 1. The molecule has 2 aliphatic rings. The highest BCUT2D eigenvalue weighted by Gasteiger charge is 2.30. The first kappa shape index (κ1) is 16.0. The zero-order chi connectivity index (χ0) is 17.6. The third-order valence-electron chi connectivity index (χ3n) is 4.43. The quantitative estimate of drug-likeness (QED) is 0.642. The second kappa shape index (κ2) is 6.11. The van der Waals surface area contributed by atoms with Crippen molar-refractivity contribution in [3.63, 3.8) is 0 Å². The van der Waals surface area contributed by atoms with Crippen LogP contribution in [-0.2, 0) is 4.79 Å². The number of alkyl halides is 1. The van der Waals surface area contributed by atoms with Crippen molar-refractivity contribution in [2.75, 3.05) is 5.32 Å². The summed E-state index contributed by atoms with van der Waals surface area (Å²) in [6, 6.07) is 1.62. The Morgan fingerprint density at radius 3 is 2.88 bits per heavy atom.